The van der Waals surface area contributed by atoms with Crippen molar-refractivity contribution in [1.82, 2.24) is 10.6 Å². The fourth-order valence-corrected chi connectivity index (χ4v) is 2.45. The zero-order valence-electron chi connectivity index (χ0n) is 13.6. The number of carbonyl (C=O) groups excluding carboxylic acids is 2. The second kappa shape index (κ2) is 9.15. The molecule has 2 amide bonds. The van der Waals surface area contributed by atoms with Crippen LogP contribution in [0.25, 0.3) is 0 Å². The smallest absolute Gasteiger partial charge is 0.257 e. The zero-order chi connectivity index (χ0) is 16.5. The van der Waals surface area contributed by atoms with E-state index in [-0.39, 0.29) is 18.4 Å². The van der Waals surface area contributed by atoms with Crippen molar-refractivity contribution in [1.29, 1.82) is 0 Å². The minimum atomic E-state index is -0.147. The number of amides is 2. The van der Waals surface area contributed by atoms with E-state index in [2.05, 4.69) is 17.6 Å². The molecule has 1 aliphatic rings. The first-order valence-corrected chi connectivity index (χ1v) is 8.21. The molecule has 0 atom stereocenters. The fourth-order valence-electron chi connectivity index (χ4n) is 2.45. The molecule has 0 radical (unpaired) electrons. The normalized spacial score (nSPS) is 14.1. The van der Waals surface area contributed by atoms with Gasteiger partial charge in [-0.3, -0.25) is 9.59 Å². The Bertz CT molecular complexity index is 534. The summed E-state index contributed by atoms with van der Waals surface area (Å²) in [6, 6.07) is 7.32. The molecule has 6 heteroatoms. The van der Waals surface area contributed by atoms with Gasteiger partial charge in [-0.15, -0.1) is 0 Å². The maximum atomic E-state index is 11.8. The Labute approximate surface area is 137 Å². The quantitative estimate of drug-likeness (QED) is 0.673. The molecule has 2 N–H and O–H groups in total. The molecule has 1 heterocycles. The molecule has 0 unspecified atom stereocenters. The first-order valence-electron chi connectivity index (χ1n) is 8.21. The fraction of sp³-hybridized carbons (Fsp3) is 0.529. The Morgan fingerprint density at radius 2 is 2.17 bits per heavy atom. The maximum absolute atomic E-state index is 11.8. The van der Waals surface area contributed by atoms with Gasteiger partial charge in [0.05, 0.1) is 0 Å². The average molecular weight is 319 g/mol. The number of ether oxygens (including phenoxy) is 1. The van der Waals surface area contributed by atoms with Crippen LogP contribution in [0.3, 0.4) is 0 Å². The number of nitrogens with one attached hydrogen (secondary N) is 2. The molecule has 1 aromatic carbocycles. The monoisotopic (exact) mass is 319 g/mol. The molecule has 2 rings (SSSR count). The van der Waals surface area contributed by atoms with Crippen molar-refractivity contribution in [3.63, 3.8) is 0 Å². The van der Waals surface area contributed by atoms with E-state index in [9.17, 15) is 9.59 Å². The van der Waals surface area contributed by atoms with Gasteiger partial charge in [0.1, 0.15) is 5.75 Å². The minimum absolute atomic E-state index is 0.0226. The molecule has 0 spiro atoms. The third-order valence-electron chi connectivity index (χ3n) is 3.62. The summed E-state index contributed by atoms with van der Waals surface area (Å²) in [5, 5.41) is 6.01. The van der Waals surface area contributed by atoms with Crippen molar-refractivity contribution < 1.29 is 14.3 Å². The highest BCUT2D eigenvalue weighted by atomic mass is 16.5. The van der Waals surface area contributed by atoms with E-state index in [1.54, 1.807) is 17.0 Å². The first-order chi connectivity index (χ1) is 11.2. The van der Waals surface area contributed by atoms with E-state index < -0.39 is 0 Å². The van der Waals surface area contributed by atoms with Gasteiger partial charge in [-0.2, -0.15) is 0 Å². The summed E-state index contributed by atoms with van der Waals surface area (Å²) >= 11 is 0. The summed E-state index contributed by atoms with van der Waals surface area (Å²) in [6.45, 7) is 5.12. The lowest BCUT2D eigenvalue weighted by atomic mass is 10.3. The number of carbonyl (C=O) groups is 2. The van der Waals surface area contributed by atoms with Crippen LogP contribution in [-0.4, -0.2) is 44.6 Å². The van der Waals surface area contributed by atoms with Crippen molar-refractivity contribution >= 4 is 17.5 Å². The van der Waals surface area contributed by atoms with E-state index in [1.807, 2.05) is 12.1 Å². The molecule has 0 aromatic heterocycles. The standard InChI is InChI=1S/C17H25N3O3/c1-2-8-18-9-10-19-16(21)13-23-15-6-3-5-14(12-15)20-11-4-7-17(20)22/h3,5-6,12,18H,2,4,7-11,13H2,1H3,(H,19,21). The summed E-state index contributed by atoms with van der Waals surface area (Å²) in [5.74, 6) is 0.590. The number of anilines is 1. The molecule has 0 saturated carbocycles. The number of hydrogen-bond donors (Lipinski definition) is 2. The van der Waals surface area contributed by atoms with Gasteiger partial charge in [-0.05, 0) is 31.5 Å². The van der Waals surface area contributed by atoms with Crippen LogP contribution in [0.4, 0.5) is 5.69 Å². The molecule has 1 saturated heterocycles. The molecular weight excluding hydrogens is 294 g/mol. The lowest BCUT2D eigenvalue weighted by molar-refractivity contribution is -0.123. The molecule has 0 aliphatic carbocycles. The van der Waals surface area contributed by atoms with Crippen LogP contribution >= 0.6 is 0 Å². The Hall–Kier alpha value is -2.08. The van der Waals surface area contributed by atoms with E-state index in [1.165, 1.54) is 0 Å². The zero-order valence-corrected chi connectivity index (χ0v) is 13.6. The van der Waals surface area contributed by atoms with Gasteiger partial charge in [0.15, 0.2) is 6.61 Å². The number of rotatable bonds is 9. The number of nitrogens with zero attached hydrogens (tertiary/aromatic N) is 1. The average Bonchev–Trinajstić information content (AvgIpc) is 2.99. The van der Waals surface area contributed by atoms with Crippen molar-refractivity contribution in [2.24, 2.45) is 0 Å². The van der Waals surface area contributed by atoms with Gasteiger partial charge in [-0.25, -0.2) is 0 Å². The Kier molecular flexibility index (Phi) is 6.87. The SMILES string of the molecule is CCCNCCNC(=O)COc1cccc(N2CCCC2=O)c1. The van der Waals surface area contributed by atoms with Crippen molar-refractivity contribution in [2.45, 2.75) is 26.2 Å². The number of hydrogen-bond acceptors (Lipinski definition) is 4. The van der Waals surface area contributed by atoms with E-state index in [4.69, 9.17) is 4.74 Å². The van der Waals surface area contributed by atoms with Crippen LogP contribution in [0.15, 0.2) is 24.3 Å². The third kappa shape index (κ3) is 5.56. The highest BCUT2D eigenvalue weighted by Crippen LogP contribution is 2.25. The molecule has 23 heavy (non-hydrogen) atoms. The highest BCUT2D eigenvalue weighted by Gasteiger charge is 2.21. The third-order valence-corrected chi connectivity index (χ3v) is 3.62. The Balaban J connectivity index is 1.75. The predicted octanol–water partition coefficient (Wildman–Crippen LogP) is 1.31. The minimum Gasteiger partial charge on any atom is -0.484 e. The largest absolute Gasteiger partial charge is 0.484 e. The van der Waals surface area contributed by atoms with Crippen LogP contribution in [0.5, 0.6) is 5.75 Å². The predicted molar refractivity (Wildman–Crippen MR) is 89.7 cm³/mol. The molecule has 0 bridgehead atoms. The van der Waals surface area contributed by atoms with Gasteiger partial charge in [0, 0.05) is 37.8 Å². The van der Waals surface area contributed by atoms with Crippen LogP contribution in [0, 0.1) is 0 Å². The number of benzene rings is 1. The van der Waals surface area contributed by atoms with Crippen LogP contribution in [0.1, 0.15) is 26.2 Å². The molecule has 1 aromatic rings. The summed E-state index contributed by atoms with van der Waals surface area (Å²) in [7, 11) is 0. The van der Waals surface area contributed by atoms with Crippen LogP contribution in [0.2, 0.25) is 0 Å². The van der Waals surface area contributed by atoms with Crippen LogP contribution < -0.4 is 20.3 Å². The maximum Gasteiger partial charge on any atom is 0.257 e. The highest BCUT2D eigenvalue weighted by molar-refractivity contribution is 5.95. The van der Waals surface area contributed by atoms with E-state index >= 15 is 0 Å². The Morgan fingerprint density at radius 1 is 1.30 bits per heavy atom. The molecule has 6 nitrogen and oxygen atoms in total. The van der Waals surface area contributed by atoms with Crippen LogP contribution in [-0.2, 0) is 9.59 Å². The summed E-state index contributed by atoms with van der Waals surface area (Å²) in [6.07, 6.45) is 2.56. The molecular formula is C17H25N3O3. The lowest BCUT2D eigenvalue weighted by Crippen LogP contribution is -2.35. The van der Waals surface area contributed by atoms with Crippen molar-refractivity contribution in [3.8, 4) is 5.75 Å². The second-order valence-electron chi connectivity index (χ2n) is 5.53. The molecule has 1 aliphatic heterocycles. The Morgan fingerprint density at radius 3 is 2.91 bits per heavy atom. The summed E-state index contributed by atoms with van der Waals surface area (Å²) in [4.78, 5) is 25.2. The first kappa shape index (κ1) is 17.3. The van der Waals surface area contributed by atoms with Crippen molar-refractivity contribution in [3.05, 3.63) is 24.3 Å². The molecule has 1 fully saturated rings. The summed E-state index contributed by atoms with van der Waals surface area (Å²) in [5.41, 5.74) is 0.828. The van der Waals surface area contributed by atoms with Gasteiger partial charge < -0.3 is 20.3 Å². The topological polar surface area (TPSA) is 70.7 Å². The van der Waals surface area contributed by atoms with Gasteiger partial charge in [0.25, 0.3) is 5.91 Å². The van der Waals surface area contributed by atoms with Gasteiger partial charge in [0.2, 0.25) is 5.91 Å². The van der Waals surface area contributed by atoms with Gasteiger partial charge >= 0.3 is 0 Å². The van der Waals surface area contributed by atoms with Gasteiger partial charge in [-0.1, -0.05) is 13.0 Å². The lowest BCUT2D eigenvalue weighted by Gasteiger charge is -2.16. The second-order valence-corrected chi connectivity index (χ2v) is 5.53. The van der Waals surface area contributed by atoms with E-state index in [0.29, 0.717) is 18.7 Å². The molecule has 126 valence electrons. The van der Waals surface area contributed by atoms with Crippen molar-refractivity contribution in [2.75, 3.05) is 37.7 Å². The summed E-state index contributed by atoms with van der Waals surface area (Å²) < 4.78 is 5.51. The van der Waals surface area contributed by atoms with E-state index in [0.717, 1.165) is 38.2 Å².